The molecule has 0 fully saturated rings. The van der Waals surface area contributed by atoms with Crippen LogP contribution in [0, 0.1) is 0 Å². The lowest BCUT2D eigenvalue weighted by Gasteiger charge is -2.41. The van der Waals surface area contributed by atoms with Crippen LogP contribution in [-0.4, -0.2) is 46.8 Å². The molecule has 0 heterocycles. The first-order valence-corrected chi connectivity index (χ1v) is 17.0. The van der Waals surface area contributed by atoms with Gasteiger partial charge in [-0.2, -0.15) is 0 Å². The predicted molar refractivity (Wildman–Crippen MR) is 125 cm³/mol. The number of rotatable bonds is 10. The third-order valence-corrected chi connectivity index (χ3v) is 11.3. The largest absolute Gasteiger partial charge is 0.463 e. The maximum Gasteiger partial charge on any atom is 0.330 e. The van der Waals surface area contributed by atoms with Crippen molar-refractivity contribution in [2.45, 2.75) is 97.9 Å². The van der Waals surface area contributed by atoms with E-state index in [1.807, 2.05) is 20.8 Å². The molecule has 0 unspecified atom stereocenters. The molecule has 0 amide bonds. The number of aliphatic hydroxyl groups excluding tert-OH is 1. The fraction of sp³-hybridized carbons (Fsp3) is 0.773. The quantitative estimate of drug-likeness (QED) is 0.203. The second-order valence-corrected chi connectivity index (χ2v) is 20.8. The van der Waals surface area contributed by atoms with Crippen LogP contribution in [0.5, 0.6) is 0 Å². The Bertz CT molecular complexity index is 574. The topological polar surface area (TPSA) is 55.8 Å². The summed E-state index contributed by atoms with van der Waals surface area (Å²) in [5.74, 6) is -0.303. The zero-order chi connectivity index (χ0) is 22.3. The fourth-order valence-electron chi connectivity index (χ4n) is 2.64. The van der Waals surface area contributed by atoms with Crippen LogP contribution in [0.4, 0.5) is 0 Å². The molecular weight excluding hydrogens is 384 g/mol. The van der Waals surface area contributed by atoms with Gasteiger partial charge in [0, 0.05) is 14.1 Å². The van der Waals surface area contributed by atoms with Crippen molar-refractivity contribution >= 4 is 22.4 Å². The Kier molecular flexibility index (Phi) is 10.6. The number of hydrogen-bond acceptors (Lipinski definition) is 4. The maximum absolute atomic E-state index is 12.3. The third kappa shape index (κ3) is 9.68. The van der Waals surface area contributed by atoms with Crippen molar-refractivity contribution in [3.05, 3.63) is 22.8 Å². The third-order valence-electron chi connectivity index (χ3n) is 5.31. The highest BCUT2D eigenvalue weighted by atomic mass is 28.4. The molecule has 0 aliphatic carbocycles. The van der Waals surface area contributed by atoms with E-state index in [0.717, 1.165) is 22.8 Å². The lowest BCUT2D eigenvalue weighted by atomic mass is 9.99. The molecule has 0 aromatic carbocycles. The zero-order valence-electron chi connectivity index (χ0n) is 20.2. The summed E-state index contributed by atoms with van der Waals surface area (Å²) >= 11 is 0. The van der Waals surface area contributed by atoms with Gasteiger partial charge in [0.25, 0.3) is 0 Å². The maximum atomic E-state index is 12.3. The van der Waals surface area contributed by atoms with E-state index in [1.54, 1.807) is 6.08 Å². The number of carbonyl (C=O) groups is 1. The van der Waals surface area contributed by atoms with Crippen molar-refractivity contribution in [3.8, 4) is 0 Å². The number of hydrogen-bond donors (Lipinski definition) is 1. The van der Waals surface area contributed by atoms with Crippen molar-refractivity contribution in [1.29, 1.82) is 0 Å². The standard InChI is InChI=1S/C22H44O4Si2/c1-12-25-21(24)14-19(16-27(7,8)9)20(13-18(15-23)17(2)3)26-28(10,11)22(4,5)6/h14,20,23H,12-13,15-16H2,1-11H3/b19-14+/t20-/m0/s1. The molecule has 0 bridgehead atoms. The van der Waals surface area contributed by atoms with E-state index >= 15 is 0 Å². The zero-order valence-corrected chi connectivity index (χ0v) is 22.2. The fourth-order valence-corrected chi connectivity index (χ4v) is 5.49. The van der Waals surface area contributed by atoms with Gasteiger partial charge in [0.05, 0.1) is 19.3 Å². The van der Waals surface area contributed by atoms with Gasteiger partial charge in [0.15, 0.2) is 8.32 Å². The molecule has 0 aromatic heterocycles. The summed E-state index contributed by atoms with van der Waals surface area (Å²) in [6.07, 6.45) is 2.05. The number of esters is 1. The molecule has 0 saturated carbocycles. The summed E-state index contributed by atoms with van der Waals surface area (Å²) in [6.45, 7) is 24.2. The van der Waals surface area contributed by atoms with Gasteiger partial charge in [0.2, 0.25) is 0 Å². The second-order valence-electron chi connectivity index (χ2n) is 10.5. The minimum Gasteiger partial charge on any atom is -0.463 e. The average molecular weight is 429 g/mol. The Morgan fingerprint density at radius 1 is 1.11 bits per heavy atom. The van der Waals surface area contributed by atoms with Crippen LogP contribution >= 0.6 is 0 Å². The molecule has 0 spiro atoms. The van der Waals surface area contributed by atoms with E-state index in [1.165, 1.54) is 0 Å². The first-order chi connectivity index (χ1) is 12.5. The van der Waals surface area contributed by atoms with Crippen LogP contribution in [0.15, 0.2) is 22.8 Å². The monoisotopic (exact) mass is 428 g/mol. The van der Waals surface area contributed by atoms with E-state index in [-0.39, 0.29) is 23.7 Å². The van der Waals surface area contributed by atoms with Crippen LogP contribution in [0.3, 0.4) is 0 Å². The number of aliphatic hydroxyl groups is 1. The molecule has 1 atom stereocenters. The summed E-state index contributed by atoms with van der Waals surface area (Å²) in [5.41, 5.74) is 3.10. The van der Waals surface area contributed by atoms with Crippen LogP contribution in [0.1, 0.15) is 48.0 Å². The molecule has 0 aromatic rings. The molecule has 28 heavy (non-hydrogen) atoms. The van der Waals surface area contributed by atoms with Gasteiger partial charge in [0.1, 0.15) is 0 Å². The van der Waals surface area contributed by atoms with Crippen molar-refractivity contribution in [3.63, 3.8) is 0 Å². The van der Waals surface area contributed by atoms with E-state index in [0.29, 0.717) is 13.0 Å². The first kappa shape index (κ1) is 27.3. The Morgan fingerprint density at radius 3 is 2.00 bits per heavy atom. The molecule has 6 heteroatoms. The minimum absolute atomic E-state index is 0.0132. The molecule has 4 nitrogen and oxygen atoms in total. The number of carbonyl (C=O) groups excluding carboxylic acids is 1. The van der Waals surface area contributed by atoms with Crippen molar-refractivity contribution in [2.24, 2.45) is 0 Å². The first-order valence-electron chi connectivity index (χ1n) is 10.3. The van der Waals surface area contributed by atoms with Crippen molar-refractivity contribution in [1.82, 2.24) is 0 Å². The SMILES string of the molecule is CCOC(=O)/C=C(\C[Si](C)(C)C)[C@H](CC(CO)=C(C)C)O[Si](C)(C)C(C)(C)C. The van der Waals surface area contributed by atoms with Gasteiger partial charge in [-0.3, -0.25) is 0 Å². The molecule has 0 aliphatic rings. The Labute approximate surface area is 175 Å². The van der Waals surface area contributed by atoms with E-state index in [9.17, 15) is 9.90 Å². The smallest absolute Gasteiger partial charge is 0.330 e. The minimum atomic E-state index is -2.07. The van der Waals surface area contributed by atoms with Crippen LogP contribution in [-0.2, 0) is 14.0 Å². The molecule has 164 valence electrons. The summed E-state index contributed by atoms with van der Waals surface area (Å²) < 4.78 is 12.0. The molecule has 0 rings (SSSR count). The van der Waals surface area contributed by atoms with Crippen LogP contribution in [0.25, 0.3) is 0 Å². The Morgan fingerprint density at radius 2 is 1.64 bits per heavy atom. The van der Waals surface area contributed by atoms with Crippen LogP contribution in [0.2, 0.25) is 43.8 Å². The summed E-state index contributed by atoms with van der Waals surface area (Å²) in [4.78, 5) is 12.3. The van der Waals surface area contributed by atoms with Crippen molar-refractivity contribution < 1.29 is 19.1 Å². The average Bonchev–Trinajstić information content (AvgIpc) is 2.47. The van der Waals surface area contributed by atoms with E-state index in [2.05, 4.69) is 53.5 Å². The molecular formula is C22H44O4Si2. The summed E-state index contributed by atoms with van der Waals surface area (Å²) in [5, 5.41) is 9.94. The lowest BCUT2D eigenvalue weighted by Crippen LogP contribution is -2.45. The van der Waals surface area contributed by atoms with Gasteiger partial charge in [-0.1, -0.05) is 46.0 Å². The highest BCUT2D eigenvalue weighted by Gasteiger charge is 2.40. The summed E-state index contributed by atoms with van der Waals surface area (Å²) in [7, 11) is -3.57. The van der Waals surface area contributed by atoms with E-state index < -0.39 is 16.4 Å². The Balaban J connectivity index is 6.22. The lowest BCUT2D eigenvalue weighted by molar-refractivity contribution is -0.137. The van der Waals surface area contributed by atoms with Crippen molar-refractivity contribution in [2.75, 3.05) is 13.2 Å². The van der Waals surface area contributed by atoms with Gasteiger partial charge < -0.3 is 14.3 Å². The Hall–Kier alpha value is -0.696. The van der Waals surface area contributed by atoms with Gasteiger partial charge in [-0.15, -0.1) is 0 Å². The number of allylic oxidation sites excluding steroid dienone is 1. The molecule has 0 radical (unpaired) electrons. The highest BCUT2D eigenvalue weighted by Crippen LogP contribution is 2.40. The van der Waals surface area contributed by atoms with Gasteiger partial charge in [-0.05, 0) is 62.5 Å². The van der Waals surface area contributed by atoms with Gasteiger partial charge >= 0.3 is 5.97 Å². The normalized spacial score (nSPS) is 14.6. The molecule has 1 N–H and O–H groups in total. The summed E-state index contributed by atoms with van der Waals surface area (Å²) in [6, 6.07) is 0.868. The van der Waals surface area contributed by atoms with Gasteiger partial charge in [-0.25, -0.2) is 4.79 Å². The van der Waals surface area contributed by atoms with Crippen LogP contribution < -0.4 is 0 Å². The van der Waals surface area contributed by atoms with E-state index in [4.69, 9.17) is 9.16 Å². The molecule has 0 aliphatic heterocycles. The second kappa shape index (κ2) is 10.9. The molecule has 0 saturated heterocycles. The highest BCUT2D eigenvalue weighted by molar-refractivity contribution is 6.76. The predicted octanol–water partition coefficient (Wildman–Crippen LogP) is 5.92. The number of ether oxygens (including phenoxy) is 1.